The van der Waals surface area contributed by atoms with E-state index in [0.717, 1.165) is 42.6 Å². The fourth-order valence-corrected chi connectivity index (χ4v) is 4.39. The average molecular weight is 411 g/mol. The largest absolute Gasteiger partial charge is 0.493 e. The Kier molecular flexibility index (Phi) is 5.39. The van der Waals surface area contributed by atoms with E-state index in [-0.39, 0.29) is 18.0 Å². The topological polar surface area (TPSA) is 74.3 Å². The molecule has 7 heteroatoms. The first-order valence-electron chi connectivity index (χ1n) is 9.91. The molecule has 2 aromatic rings. The molecule has 0 aromatic heterocycles. The number of carbonyl (C=O) groups is 2. The summed E-state index contributed by atoms with van der Waals surface area (Å²) >= 11 is 0. The molecule has 0 radical (unpaired) electrons. The number of fused-ring (bicyclic) bond motifs is 4. The minimum Gasteiger partial charge on any atom is -0.493 e. The van der Waals surface area contributed by atoms with E-state index in [1.54, 1.807) is 14.2 Å². The van der Waals surface area contributed by atoms with E-state index in [4.69, 9.17) is 18.9 Å². The van der Waals surface area contributed by atoms with Crippen LogP contribution in [-0.2, 0) is 29.0 Å². The van der Waals surface area contributed by atoms with Gasteiger partial charge in [0.2, 0.25) is 0 Å². The lowest BCUT2D eigenvalue weighted by Gasteiger charge is -2.41. The molecule has 4 rings (SSSR count). The van der Waals surface area contributed by atoms with E-state index in [1.807, 2.05) is 24.3 Å². The number of carbonyl (C=O) groups excluding carboxylic acids is 2. The Labute approximate surface area is 175 Å². The van der Waals surface area contributed by atoms with Crippen LogP contribution in [0.1, 0.15) is 42.1 Å². The smallest absolute Gasteiger partial charge is 0.308 e. The molecule has 0 amide bonds. The van der Waals surface area contributed by atoms with Gasteiger partial charge in [-0.25, -0.2) is 0 Å². The summed E-state index contributed by atoms with van der Waals surface area (Å²) in [6, 6.07) is 7.89. The van der Waals surface area contributed by atoms with Crippen molar-refractivity contribution in [2.45, 2.75) is 39.3 Å². The number of nitrogens with zero attached hydrogens (tertiary/aromatic N) is 1. The van der Waals surface area contributed by atoms with Gasteiger partial charge in [0.05, 0.1) is 14.2 Å². The molecule has 2 aliphatic heterocycles. The number of methoxy groups -OCH3 is 2. The first-order valence-corrected chi connectivity index (χ1v) is 9.91. The van der Waals surface area contributed by atoms with Crippen molar-refractivity contribution in [2.24, 2.45) is 0 Å². The zero-order valence-electron chi connectivity index (χ0n) is 17.6. The quantitative estimate of drug-likeness (QED) is 0.565. The normalized spacial score (nSPS) is 17.3. The van der Waals surface area contributed by atoms with E-state index < -0.39 is 0 Å². The second-order valence-corrected chi connectivity index (χ2v) is 7.60. The second kappa shape index (κ2) is 7.99. The molecular weight excluding hydrogens is 386 g/mol. The Bertz CT molecular complexity index is 1020. The number of hydrogen-bond donors (Lipinski definition) is 0. The molecule has 1 unspecified atom stereocenters. The molecular formula is C23H25NO6. The summed E-state index contributed by atoms with van der Waals surface area (Å²) in [7, 11) is 3.14. The van der Waals surface area contributed by atoms with Crippen LogP contribution in [0.3, 0.4) is 0 Å². The van der Waals surface area contributed by atoms with E-state index in [1.165, 1.54) is 19.4 Å². The van der Waals surface area contributed by atoms with Crippen molar-refractivity contribution in [1.29, 1.82) is 0 Å². The number of benzene rings is 2. The standard InChI is InChI=1S/C23H25NO6/c1-13(25)29-22-9-16-7-19-18-11-23(30-14(2)26)20(27-3)8-15(18)5-6-24(19)12-17(16)10-21(22)28-4/h8-11,19H,5-7,12H2,1-4H3. The van der Waals surface area contributed by atoms with Gasteiger partial charge in [0, 0.05) is 33.0 Å². The summed E-state index contributed by atoms with van der Waals surface area (Å²) in [4.78, 5) is 25.4. The van der Waals surface area contributed by atoms with Crippen LogP contribution in [0.4, 0.5) is 0 Å². The summed E-state index contributed by atoms with van der Waals surface area (Å²) < 4.78 is 21.6. The Morgan fingerprint density at radius 1 is 0.833 bits per heavy atom. The van der Waals surface area contributed by atoms with Gasteiger partial charge in [-0.05, 0) is 59.4 Å². The third kappa shape index (κ3) is 3.73. The third-order valence-electron chi connectivity index (χ3n) is 5.67. The third-order valence-corrected chi connectivity index (χ3v) is 5.67. The zero-order valence-corrected chi connectivity index (χ0v) is 17.6. The lowest BCUT2D eigenvalue weighted by molar-refractivity contribution is -0.132. The Morgan fingerprint density at radius 2 is 1.40 bits per heavy atom. The van der Waals surface area contributed by atoms with Crippen LogP contribution in [0.25, 0.3) is 0 Å². The predicted octanol–water partition coefficient (Wildman–Crippen LogP) is 3.21. The van der Waals surface area contributed by atoms with Gasteiger partial charge in [-0.1, -0.05) is 0 Å². The molecule has 0 fully saturated rings. The molecule has 0 saturated heterocycles. The summed E-state index contributed by atoms with van der Waals surface area (Å²) in [5, 5.41) is 0. The Morgan fingerprint density at radius 3 is 2.00 bits per heavy atom. The zero-order chi connectivity index (χ0) is 21.4. The van der Waals surface area contributed by atoms with Gasteiger partial charge < -0.3 is 18.9 Å². The maximum atomic E-state index is 11.5. The molecule has 2 heterocycles. The monoisotopic (exact) mass is 411 g/mol. The van der Waals surface area contributed by atoms with Crippen molar-refractivity contribution in [2.75, 3.05) is 20.8 Å². The van der Waals surface area contributed by atoms with Crippen LogP contribution in [-0.4, -0.2) is 37.6 Å². The fraction of sp³-hybridized carbons (Fsp3) is 0.391. The van der Waals surface area contributed by atoms with Crippen LogP contribution < -0.4 is 18.9 Å². The fourth-order valence-electron chi connectivity index (χ4n) is 4.39. The van der Waals surface area contributed by atoms with Crippen molar-refractivity contribution in [3.63, 3.8) is 0 Å². The molecule has 158 valence electrons. The molecule has 2 aliphatic rings. The van der Waals surface area contributed by atoms with Gasteiger partial charge >= 0.3 is 11.9 Å². The maximum Gasteiger partial charge on any atom is 0.308 e. The van der Waals surface area contributed by atoms with Gasteiger partial charge in [0.15, 0.2) is 23.0 Å². The molecule has 7 nitrogen and oxygen atoms in total. The highest BCUT2D eigenvalue weighted by Crippen LogP contribution is 2.44. The van der Waals surface area contributed by atoms with Crippen molar-refractivity contribution in [3.05, 3.63) is 46.5 Å². The number of esters is 2. The summed E-state index contributed by atoms with van der Waals surface area (Å²) in [5.74, 6) is 1.23. The lowest BCUT2D eigenvalue weighted by Crippen LogP contribution is -2.39. The van der Waals surface area contributed by atoms with Crippen LogP contribution in [0, 0.1) is 0 Å². The Hall–Kier alpha value is -3.06. The van der Waals surface area contributed by atoms with E-state index in [9.17, 15) is 9.59 Å². The lowest BCUT2D eigenvalue weighted by atomic mass is 9.83. The van der Waals surface area contributed by atoms with Gasteiger partial charge in [-0.3, -0.25) is 14.5 Å². The molecule has 0 bridgehead atoms. The number of ether oxygens (including phenoxy) is 4. The maximum absolute atomic E-state index is 11.5. The van der Waals surface area contributed by atoms with Crippen molar-refractivity contribution in [1.82, 2.24) is 4.90 Å². The van der Waals surface area contributed by atoms with E-state index in [2.05, 4.69) is 4.90 Å². The van der Waals surface area contributed by atoms with Crippen molar-refractivity contribution >= 4 is 11.9 Å². The minimum absolute atomic E-state index is 0.139. The van der Waals surface area contributed by atoms with Crippen LogP contribution in [0.15, 0.2) is 24.3 Å². The highest BCUT2D eigenvalue weighted by atomic mass is 16.6. The van der Waals surface area contributed by atoms with Crippen molar-refractivity contribution < 1.29 is 28.5 Å². The van der Waals surface area contributed by atoms with Gasteiger partial charge in [-0.15, -0.1) is 0 Å². The second-order valence-electron chi connectivity index (χ2n) is 7.60. The SMILES string of the molecule is COc1cc2c(cc1OC(C)=O)CC1c3cc(OC(C)=O)c(OC)cc3CCN1C2. The first-order chi connectivity index (χ1) is 14.4. The van der Waals surface area contributed by atoms with Gasteiger partial charge in [-0.2, -0.15) is 0 Å². The first kappa shape index (κ1) is 20.2. The minimum atomic E-state index is -0.383. The number of hydrogen-bond acceptors (Lipinski definition) is 7. The predicted molar refractivity (Wildman–Crippen MR) is 109 cm³/mol. The van der Waals surface area contributed by atoms with Crippen LogP contribution in [0.2, 0.25) is 0 Å². The number of rotatable bonds is 4. The molecule has 1 atom stereocenters. The van der Waals surface area contributed by atoms with Gasteiger partial charge in [0.25, 0.3) is 0 Å². The highest BCUT2D eigenvalue weighted by Gasteiger charge is 2.34. The van der Waals surface area contributed by atoms with Gasteiger partial charge in [0.1, 0.15) is 0 Å². The molecule has 0 aliphatic carbocycles. The van der Waals surface area contributed by atoms with E-state index in [0.29, 0.717) is 23.0 Å². The van der Waals surface area contributed by atoms with E-state index >= 15 is 0 Å². The van der Waals surface area contributed by atoms with Crippen molar-refractivity contribution in [3.8, 4) is 23.0 Å². The highest BCUT2D eigenvalue weighted by molar-refractivity contribution is 5.71. The average Bonchev–Trinajstić information content (AvgIpc) is 2.70. The molecule has 0 saturated carbocycles. The molecule has 30 heavy (non-hydrogen) atoms. The molecule has 0 spiro atoms. The molecule has 2 aromatic carbocycles. The molecule has 0 N–H and O–H groups in total. The summed E-state index contributed by atoms with van der Waals surface area (Å²) in [6.07, 6.45) is 1.65. The summed E-state index contributed by atoms with van der Waals surface area (Å²) in [6.45, 7) is 4.44. The Balaban J connectivity index is 1.73. The van der Waals surface area contributed by atoms with Crippen LogP contribution >= 0.6 is 0 Å². The van der Waals surface area contributed by atoms with Crippen LogP contribution in [0.5, 0.6) is 23.0 Å². The summed E-state index contributed by atoms with van der Waals surface area (Å²) in [5.41, 5.74) is 4.61.